The van der Waals surface area contributed by atoms with E-state index in [1.807, 2.05) is 22.9 Å². The van der Waals surface area contributed by atoms with Crippen LogP contribution in [0.4, 0.5) is 0 Å². The van der Waals surface area contributed by atoms with Crippen LogP contribution in [0.15, 0.2) is 26.6 Å². The van der Waals surface area contributed by atoms with Crippen molar-refractivity contribution in [3.63, 3.8) is 0 Å². The van der Waals surface area contributed by atoms with Gasteiger partial charge in [0.2, 0.25) is 0 Å². The summed E-state index contributed by atoms with van der Waals surface area (Å²) >= 11 is 2.91. The minimum Gasteiger partial charge on any atom is -0.309 e. The van der Waals surface area contributed by atoms with E-state index in [4.69, 9.17) is 5.26 Å². The van der Waals surface area contributed by atoms with Crippen LogP contribution < -0.4 is 5.56 Å². The number of thioether (sulfide) groups is 1. The molecule has 0 saturated heterocycles. The van der Waals surface area contributed by atoms with Crippen molar-refractivity contribution in [3.8, 4) is 6.07 Å². The van der Waals surface area contributed by atoms with Gasteiger partial charge in [-0.3, -0.25) is 4.79 Å². The normalized spacial score (nSPS) is 10.1. The third-order valence-corrected chi connectivity index (χ3v) is 3.61. The van der Waals surface area contributed by atoms with Crippen LogP contribution in [0.5, 0.6) is 0 Å². The summed E-state index contributed by atoms with van der Waals surface area (Å²) in [5.74, 6) is 0.594. The van der Waals surface area contributed by atoms with Gasteiger partial charge in [-0.25, -0.2) is 4.98 Å². The molecule has 0 aliphatic rings. The molecule has 0 amide bonds. The highest BCUT2D eigenvalue weighted by Crippen LogP contribution is 2.15. The second-order valence-electron chi connectivity index (χ2n) is 3.32. The molecule has 0 radical (unpaired) electrons. The number of H-pyrrole nitrogens is 1. The fraction of sp³-hybridized carbons (Fsp3) is 0.182. The van der Waals surface area contributed by atoms with Gasteiger partial charge in [0.15, 0.2) is 0 Å². The SMILES string of the molecule is CSc1nc(Cc2ccsc2)[nH]c(=O)c1C#N. The molecule has 86 valence electrons. The minimum atomic E-state index is -0.364. The van der Waals surface area contributed by atoms with Gasteiger partial charge in [0, 0.05) is 6.42 Å². The van der Waals surface area contributed by atoms with Crippen molar-refractivity contribution in [2.24, 2.45) is 0 Å². The highest BCUT2D eigenvalue weighted by atomic mass is 32.2. The predicted molar refractivity (Wildman–Crippen MR) is 68.5 cm³/mol. The summed E-state index contributed by atoms with van der Waals surface area (Å²) in [7, 11) is 0. The van der Waals surface area contributed by atoms with Crippen LogP contribution in [0.2, 0.25) is 0 Å². The first-order chi connectivity index (χ1) is 8.24. The van der Waals surface area contributed by atoms with E-state index in [-0.39, 0.29) is 11.1 Å². The average molecular weight is 263 g/mol. The molecule has 0 aromatic carbocycles. The van der Waals surface area contributed by atoms with Crippen molar-refractivity contribution >= 4 is 23.1 Å². The van der Waals surface area contributed by atoms with Crippen molar-refractivity contribution in [2.45, 2.75) is 11.4 Å². The van der Waals surface area contributed by atoms with Gasteiger partial charge in [-0.1, -0.05) is 0 Å². The molecule has 4 nitrogen and oxygen atoms in total. The monoisotopic (exact) mass is 263 g/mol. The Balaban J connectivity index is 2.41. The molecule has 0 fully saturated rings. The van der Waals surface area contributed by atoms with Crippen LogP contribution >= 0.6 is 23.1 Å². The van der Waals surface area contributed by atoms with Crippen molar-refractivity contribution in [3.05, 3.63) is 44.1 Å². The van der Waals surface area contributed by atoms with Crippen LogP contribution in [0.1, 0.15) is 17.0 Å². The summed E-state index contributed by atoms with van der Waals surface area (Å²) in [5.41, 5.74) is 0.832. The zero-order valence-corrected chi connectivity index (χ0v) is 10.7. The van der Waals surface area contributed by atoms with Gasteiger partial charge >= 0.3 is 0 Å². The zero-order valence-electron chi connectivity index (χ0n) is 9.06. The van der Waals surface area contributed by atoms with E-state index in [0.29, 0.717) is 17.3 Å². The van der Waals surface area contributed by atoms with Gasteiger partial charge in [-0.15, -0.1) is 11.8 Å². The molecule has 0 unspecified atom stereocenters. The summed E-state index contributed by atoms with van der Waals surface area (Å²) in [6.45, 7) is 0. The maximum absolute atomic E-state index is 11.7. The minimum absolute atomic E-state index is 0.0894. The number of aromatic amines is 1. The average Bonchev–Trinajstić information content (AvgIpc) is 2.81. The molecule has 2 aromatic heterocycles. The van der Waals surface area contributed by atoms with E-state index < -0.39 is 0 Å². The Morgan fingerprint density at radius 1 is 1.65 bits per heavy atom. The third kappa shape index (κ3) is 2.57. The van der Waals surface area contributed by atoms with Gasteiger partial charge in [0.25, 0.3) is 5.56 Å². The predicted octanol–water partition coefficient (Wildman–Crippen LogP) is 2.02. The Bertz CT molecular complexity index is 611. The van der Waals surface area contributed by atoms with Crippen LogP contribution in [0, 0.1) is 11.3 Å². The smallest absolute Gasteiger partial charge is 0.270 e. The number of thiophene rings is 1. The highest BCUT2D eigenvalue weighted by Gasteiger charge is 2.10. The van der Waals surface area contributed by atoms with Crippen molar-refractivity contribution in [2.75, 3.05) is 6.26 Å². The van der Waals surface area contributed by atoms with Crippen LogP contribution in [0.3, 0.4) is 0 Å². The Labute approximate surface area is 106 Å². The van der Waals surface area contributed by atoms with E-state index in [1.54, 1.807) is 17.6 Å². The summed E-state index contributed by atoms with van der Waals surface area (Å²) in [6.07, 6.45) is 2.38. The largest absolute Gasteiger partial charge is 0.309 e. The fourth-order valence-corrected chi connectivity index (χ4v) is 2.63. The van der Waals surface area contributed by atoms with Gasteiger partial charge < -0.3 is 4.98 Å². The molecule has 0 saturated carbocycles. The number of rotatable bonds is 3. The Morgan fingerprint density at radius 2 is 2.47 bits per heavy atom. The first-order valence-corrected chi connectivity index (χ1v) is 6.99. The van der Waals surface area contributed by atoms with Gasteiger partial charge in [-0.05, 0) is 28.6 Å². The lowest BCUT2D eigenvalue weighted by Gasteiger charge is -2.02. The molecule has 17 heavy (non-hydrogen) atoms. The van der Waals surface area contributed by atoms with Gasteiger partial charge in [-0.2, -0.15) is 16.6 Å². The topological polar surface area (TPSA) is 69.5 Å². The molecule has 2 heterocycles. The Kier molecular flexibility index (Phi) is 3.61. The number of nitrogens with one attached hydrogen (secondary N) is 1. The van der Waals surface area contributed by atoms with Crippen molar-refractivity contribution in [1.82, 2.24) is 9.97 Å². The summed E-state index contributed by atoms with van der Waals surface area (Å²) in [6, 6.07) is 3.86. The molecule has 2 rings (SSSR count). The zero-order chi connectivity index (χ0) is 12.3. The Hall–Kier alpha value is -1.58. The molecular formula is C11H9N3OS2. The second kappa shape index (κ2) is 5.17. The molecule has 2 aromatic rings. The lowest BCUT2D eigenvalue weighted by atomic mass is 10.2. The van der Waals surface area contributed by atoms with E-state index >= 15 is 0 Å². The van der Waals surface area contributed by atoms with E-state index in [0.717, 1.165) is 5.56 Å². The number of nitrogens with zero attached hydrogens (tertiary/aromatic N) is 2. The Morgan fingerprint density at radius 3 is 3.06 bits per heavy atom. The summed E-state index contributed by atoms with van der Waals surface area (Å²) < 4.78 is 0. The lowest BCUT2D eigenvalue weighted by Crippen LogP contribution is -2.16. The fourth-order valence-electron chi connectivity index (χ4n) is 1.41. The van der Waals surface area contributed by atoms with Gasteiger partial charge in [0.05, 0.1) is 0 Å². The van der Waals surface area contributed by atoms with Crippen LogP contribution in [0.25, 0.3) is 0 Å². The van der Waals surface area contributed by atoms with Crippen LogP contribution in [-0.2, 0) is 6.42 Å². The molecule has 1 N–H and O–H groups in total. The molecular weight excluding hydrogens is 254 g/mol. The third-order valence-electron chi connectivity index (χ3n) is 2.19. The summed E-state index contributed by atoms with van der Waals surface area (Å²) in [4.78, 5) is 18.6. The first-order valence-electron chi connectivity index (χ1n) is 4.83. The van der Waals surface area contributed by atoms with Crippen LogP contribution in [-0.4, -0.2) is 16.2 Å². The van der Waals surface area contributed by atoms with E-state index in [1.165, 1.54) is 11.8 Å². The van der Waals surface area contributed by atoms with E-state index in [9.17, 15) is 4.79 Å². The number of nitriles is 1. The van der Waals surface area contributed by atoms with Crippen molar-refractivity contribution < 1.29 is 0 Å². The molecule has 0 spiro atoms. The molecule has 6 heteroatoms. The standard InChI is InChI=1S/C11H9N3OS2/c1-16-11-8(5-12)10(15)13-9(14-11)4-7-2-3-17-6-7/h2-3,6H,4H2,1H3,(H,13,14,15). The maximum atomic E-state index is 11.7. The molecule has 0 aliphatic heterocycles. The summed E-state index contributed by atoms with van der Waals surface area (Å²) in [5, 5.41) is 13.3. The van der Waals surface area contributed by atoms with Crippen molar-refractivity contribution in [1.29, 1.82) is 5.26 Å². The number of hydrogen-bond acceptors (Lipinski definition) is 5. The first kappa shape index (κ1) is 11.9. The number of aromatic nitrogens is 2. The lowest BCUT2D eigenvalue weighted by molar-refractivity contribution is 0.882. The molecule has 0 aliphatic carbocycles. The quantitative estimate of drug-likeness (QED) is 0.679. The van der Waals surface area contributed by atoms with E-state index in [2.05, 4.69) is 9.97 Å². The second-order valence-corrected chi connectivity index (χ2v) is 4.89. The molecule has 0 atom stereocenters. The maximum Gasteiger partial charge on any atom is 0.270 e. The number of hydrogen-bond donors (Lipinski definition) is 1. The molecule has 0 bridgehead atoms. The highest BCUT2D eigenvalue weighted by molar-refractivity contribution is 7.98. The van der Waals surface area contributed by atoms with Gasteiger partial charge in [0.1, 0.15) is 22.5 Å².